The van der Waals surface area contributed by atoms with E-state index in [0.29, 0.717) is 11.2 Å². The zero-order valence-electron chi connectivity index (χ0n) is 15.4. The number of benzene rings is 1. The molecule has 3 aliphatic rings. The molecule has 0 amide bonds. The van der Waals surface area contributed by atoms with Crippen LogP contribution in [0.4, 0.5) is 0 Å². The lowest BCUT2D eigenvalue weighted by Crippen LogP contribution is -2.61. The lowest BCUT2D eigenvalue weighted by atomic mass is 9.52. The zero-order valence-corrected chi connectivity index (χ0v) is 15.4. The van der Waals surface area contributed by atoms with Gasteiger partial charge in [0, 0.05) is 11.5 Å². The van der Waals surface area contributed by atoms with Gasteiger partial charge >= 0.3 is 0 Å². The molecule has 1 N–H and O–H groups in total. The molecular weight excluding hydrogens is 294 g/mol. The quantitative estimate of drug-likeness (QED) is 0.851. The summed E-state index contributed by atoms with van der Waals surface area (Å²) in [7, 11) is 0. The lowest BCUT2D eigenvalue weighted by molar-refractivity contribution is -0.0134. The van der Waals surface area contributed by atoms with E-state index in [2.05, 4.69) is 30.9 Å². The molecule has 1 heterocycles. The Hall–Kier alpha value is -1.02. The second-order valence-corrected chi connectivity index (χ2v) is 8.71. The molecule has 2 nitrogen and oxygen atoms in total. The Morgan fingerprint density at radius 2 is 2.17 bits per heavy atom. The highest BCUT2D eigenvalue weighted by molar-refractivity contribution is 5.45. The van der Waals surface area contributed by atoms with Crippen molar-refractivity contribution in [2.75, 3.05) is 13.1 Å². The van der Waals surface area contributed by atoms with E-state index >= 15 is 0 Å². The molecule has 0 radical (unpaired) electrons. The fourth-order valence-electron chi connectivity index (χ4n) is 5.94. The summed E-state index contributed by atoms with van der Waals surface area (Å²) in [6.07, 6.45) is 10.6. The van der Waals surface area contributed by atoms with E-state index in [1.54, 1.807) is 0 Å². The lowest BCUT2D eigenvalue weighted by Gasteiger charge is -2.59. The standard InChI is InChI=1S/C22H33NO/c1-3-16(2)9-12-23-13-11-22-10-5-4-6-19(22)21(23)14-17-7-8-18(24)15-20(17)22/h7-8,15-16,19,21,24H,3-6,9-14H2,1-2H3/t16?,19-,21+,22-/m0/s1. The SMILES string of the molecule is CCC(C)CCN1CC[C@@]23CCCC[C@H]2[C@H]1Cc1ccc(O)cc13. The third-order valence-corrected chi connectivity index (χ3v) is 7.54. The minimum atomic E-state index is 0.363. The Bertz CT molecular complexity index is 598. The molecule has 1 saturated heterocycles. The Morgan fingerprint density at radius 1 is 1.29 bits per heavy atom. The maximum Gasteiger partial charge on any atom is 0.115 e. The summed E-state index contributed by atoms with van der Waals surface area (Å²) in [5, 5.41) is 10.1. The molecule has 132 valence electrons. The van der Waals surface area contributed by atoms with Crippen LogP contribution in [0.1, 0.15) is 69.9 Å². The summed E-state index contributed by atoms with van der Waals surface area (Å²) in [4.78, 5) is 2.83. The number of hydrogen-bond acceptors (Lipinski definition) is 2. The van der Waals surface area contributed by atoms with Gasteiger partial charge in [-0.05, 0) is 80.3 Å². The molecule has 0 spiro atoms. The summed E-state index contributed by atoms with van der Waals surface area (Å²) in [5.74, 6) is 2.12. The van der Waals surface area contributed by atoms with Crippen LogP contribution in [-0.2, 0) is 11.8 Å². The fourth-order valence-corrected chi connectivity index (χ4v) is 5.94. The second kappa shape index (κ2) is 6.37. The molecule has 1 unspecified atom stereocenters. The number of phenols is 1. The van der Waals surface area contributed by atoms with Gasteiger partial charge in [-0.15, -0.1) is 0 Å². The first-order valence-corrected chi connectivity index (χ1v) is 10.2. The third kappa shape index (κ3) is 2.58. The van der Waals surface area contributed by atoms with Gasteiger partial charge in [0.2, 0.25) is 0 Å². The van der Waals surface area contributed by atoms with Crippen LogP contribution in [0.25, 0.3) is 0 Å². The number of aromatic hydroxyl groups is 1. The van der Waals surface area contributed by atoms with Crippen LogP contribution in [0.3, 0.4) is 0 Å². The van der Waals surface area contributed by atoms with Gasteiger partial charge in [0.25, 0.3) is 0 Å². The summed E-state index contributed by atoms with van der Waals surface area (Å²) >= 11 is 0. The number of likely N-dealkylation sites (tertiary alicyclic amines) is 1. The van der Waals surface area contributed by atoms with Gasteiger partial charge in [0.1, 0.15) is 5.75 Å². The average molecular weight is 328 g/mol. The van der Waals surface area contributed by atoms with Gasteiger partial charge in [0.05, 0.1) is 0 Å². The predicted molar refractivity (Wildman–Crippen MR) is 99.5 cm³/mol. The first kappa shape index (κ1) is 16.4. The number of nitrogens with zero attached hydrogens (tertiary/aromatic N) is 1. The van der Waals surface area contributed by atoms with Crippen molar-refractivity contribution >= 4 is 0 Å². The summed E-state index contributed by atoms with van der Waals surface area (Å²) in [6.45, 7) is 7.25. The number of rotatable bonds is 4. The molecule has 4 rings (SSSR count). The van der Waals surface area contributed by atoms with Crippen LogP contribution in [0.15, 0.2) is 18.2 Å². The van der Waals surface area contributed by atoms with Gasteiger partial charge in [-0.2, -0.15) is 0 Å². The van der Waals surface area contributed by atoms with Crippen LogP contribution in [0.5, 0.6) is 5.75 Å². The van der Waals surface area contributed by atoms with Crippen molar-refractivity contribution < 1.29 is 5.11 Å². The predicted octanol–water partition coefficient (Wildman–Crippen LogP) is 4.89. The van der Waals surface area contributed by atoms with E-state index in [9.17, 15) is 5.11 Å². The van der Waals surface area contributed by atoms with Gasteiger partial charge in [-0.3, -0.25) is 4.90 Å². The van der Waals surface area contributed by atoms with Gasteiger partial charge < -0.3 is 5.11 Å². The maximum absolute atomic E-state index is 10.1. The Labute approximate surface area is 147 Å². The number of phenolic OH excluding ortho intramolecular Hbond substituents is 1. The second-order valence-electron chi connectivity index (χ2n) is 8.71. The summed E-state index contributed by atoms with van der Waals surface area (Å²) < 4.78 is 0. The molecular formula is C22H33NO. The minimum Gasteiger partial charge on any atom is -0.508 e. The maximum atomic E-state index is 10.1. The normalized spacial score (nSPS) is 33.6. The van der Waals surface area contributed by atoms with Crippen molar-refractivity contribution in [2.24, 2.45) is 11.8 Å². The smallest absolute Gasteiger partial charge is 0.115 e. The highest BCUT2D eigenvalue weighted by Crippen LogP contribution is 2.56. The first-order valence-electron chi connectivity index (χ1n) is 10.2. The molecule has 2 aliphatic carbocycles. The van der Waals surface area contributed by atoms with Crippen molar-refractivity contribution in [3.8, 4) is 5.75 Å². The summed E-state index contributed by atoms with van der Waals surface area (Å²) in [5.41, 5.74) is 3.39. The third-order valence-electron chi connectivity index (χ3n) is 7.54. The highest BCUT2D eigenvalue weighted by atomic mass is 16.3. The van der Waals surface area contributed by atoms with Gasteiger partial charge in [0.15, 0.2) is 0 Å². The Morgan fingerprint density at radius 3 is 3.00 bits per heavy atom. The molecule has 1 saturated carbocycles. The molecule has 2 fully saturated rings. The van der Waals surface area contributed by atoms with Crippen molar-refractivity contribution in [2.45, 2.75) is 76.7 Å². The molecule has 0 aromatic heterocycles. The van der Waals surface area contributed by atoms with E-state index in [4.69, 9.17) is 0 Å². The van der Waals surface area contributed by atoms with Crippen LogP contribution in [0.2, 0.25) is 0 Å². The fraction of sp³-hybridized carbons (Fsp3) is 0.727. The Kier molecular flexibility index (Phi) is 4.36. The van der Waals surface area contributed by atoms with Gasteiger partial charge in [-0.25, -0.2) is 0 Å². The highest BCUT2D eigenvalue weighted by Gasteiger charge is 2.53. The Balaban J connectivity index is 1.66. The van der Waals surface area contributed by atoms with E-state index in [1.807, 2.05) is 6.07 Å². The van der Waals surface area contributed by atoms with Crippen LogP contribution < -0.4 is 0 Å². The average Bonchev–Trinajstić information content (AvgIpc) is 2.61. The van der Waals surface area contributed by atoms with Gasteiger partial charge in [-0.1, -0.05) is 39.2 Å². The van der Waals surface area contributed by atoms with Crippen LogP contribution >= 0.6 is 0 Å². The molecule has 2 bridgehead atoms. The van der Waals surface area contributed by atoms with E-state index in [0.717, 1.165) is 17.9 Å². The monoisotopic (exact) mass is 327 g/mol. The van der Waals surface area contributed by atoms with Crippen LogP contribution in [-0.4, -0.2) is 29.1 Å². The van der Waals surface area contributed by atoms with Crippen molar-refractivity contribution in [3.05, 3.63) is 29.3 Å². The number of hydrogen-bond donors (Lipinski definition) is 1. The topological polar surface area (TPSA) is 23.5 Å². The molecule has 1 aromatic carbocycles. The van der Waals surface area contributed by atoms with Crippen molar-refractivity contribution in [1.29, 1.82) is 0 Å². The minimum absolute atomic E-state index is 0.363. The zero-order chi connectivity index (χ0) is 16.7. The largest absolute Gasteiger partial charge is 0.508 e. The number of piperidine rings is 1. The molecule has 2 heteroatoms. The molecule has 1 aromatic rings. The van der Waals surface area contributed by atoms with Crippen molar-refractivity contribution in [3.63, 3.8) is 0 Å². The number of fused-ring (bicyclic) bond motifs is 1. The molecule has 4 atom stereocenters. The van der Waals surface area contributed by atoms with E-state index in [1.165, 1.54) is 75.6 Å². The first-order chi connectivity index (χ1) is 11.6. The van der Waals surface area contributed by atoms with E-state index < -0.39 is 0 Å². The summed E-state index contributed by atoms with van der Waals surface area (Å²) in [6, 6.07) is 6.96. The molecule has 24 heavy (non-hydrogen) atoms. The molecule has 1 aliphatic heterocycles. The van der Waals surface area contributed by atoms with Crippen LogP contribution in [0, 0.1) is 11.8 Å². The van der Waals surface area contributed by atoms with Crippen molar-refractivity contribution in [1.82, 2.24) is 4.90 Å². The van der Waals surface area contributed by atoms with E-state index in [-0.39, 0.29) is 0 Å².